The van der Waals surface area contributed by atoms with Crippen LogP contribution in [0.15, 0.2) is 12.4 Å². The highest BCUT2D eigenvalue weighted by Crippen LogP contribution is 2.23. The number of nitrogens with zero attached hydrogens (tertiary/aromatic N) is 4. The van der Waals surface area contributed by atoms with Crippen LogP contribution in [0.5, 0.6) is 0 Å². The largest absolute Gasteiger partial charge is 0.391 e. The Morgan fingerprint density at radius 1 is 1.27 bits per heavy atom. The van der Waals surface area contributed by atoms with Crippen molar-refractivity contribution >= 4 is 11.7 Å². The van der Waals surface area contributed by atoms with Crippen LogP contribution in [0.1, 0.15) is 31.9 Å². The number of likely N-dealkylation sites (tertiary alicyclic amines) is 1. The van der Waals surface area contributed by atoms with Crippen molar-refractivity contribution in [1.29, 1.82) is 0 Å². The van der Waals surface area contributed by atoms with Gasteiger partial charge >= 0.3 is 0 Å². The highest BCUT2D eigenvalue weighted by atomic mass is 16.3. The molecule has 2 fully saturated rings. The van der Waals surface area contributed by atoms with Crippen LogP contribution in [0.4, 0.5) is 5.82 Å². The molecule has 22 heavy (non-hydrogen) atoms. The summed E-state index contributed by atoms with van der Waals surface area (Å²) in [4.78, 5) is 24.4. The minimum Gasteiger partial charge on any atom is -0.391 e. The molecule has 0 saturated carbocycles. The number of aromatic nitrogens is 2. The molecule has 6 heteroatoms. The second-order valence-electron chi connectivity index (χ2n) is 6.41. The van der Waals surface area contributed by atoms with E-state index in [0.29, 0.717) is 12.5 Å². The molecule has 1 N–H and O–H groups in total. The number of anilines is 1. The van der Waals surface area contributed by atoms with Crippen molar-refractivity contribution in [3.63, 3.8) is 0 Å². The maximum atomic E-state index is 11.4. The van der Waals surface area contributed by atoms with Gasteiger partial charge in [-0.2, -0.15) is 0 Å². The lowest BCUT2D eigenvalue weighted by atomic mass is 9.92. The zero-order valence-electron chi connectivity index (χ0n) is 13.1. The van der Waals surface area contributed by atoms with Crippen molar-refractivity contribution < 1.29 is 9.90 Å². The summed E-state index contributed by atoms with van der Waals surface area (Å²) in [5.41, 5.74) is 1.01. The average molecular weight is 304 g/mol. The van der Waals surface area contributed by atoms with E-state index in [4.69, 9.17) is 4.98 Å². The lowest BCUT2D eigenvalue weighted by molar-refractivity contribution is -0.130. The number of hydrogen-bond acceptors (Lipinski definition) is 5. The Balaban J connectivity index is 1.58. The molecule has 0 aliphatic carbocycles. The smallest absolute Gasteiger partial charge is 0.219 e. The summed E-state index contributed by atoms with van der Waals surface area (Å²) in [6.07, 6.45) is 7.16. The van der Waals surface area contributed by atoms with E-state index in [0.717, 1.165) is 56.8 Å². The minimum atomic E-state index is -0.249. The van der Waals surface area contributed by atoms with E-state index >= 15 is 0 Å². The fraction of sp³-hybridized carbons (Fsp3) is 0.688. The fourth-order valence-corrected chi connectivity index (χ4v) is 3.34. The van der Waals surface area contributed by atoms with Crippen LogP contribution in [0.3, 0.4) is 0 Å². The summed E-state index contributed by atoms with van der Waals surface area (Å²) < 4.78 is 0. The van der Waals surface area contributed by atoms with Crippen LogP contribution in [-0.4, -0.2) is 58.2 Å². The number of β-amino-alcohol motifs (C(OH)–C–C–N with tert-alkyl or cyclic N) is 1. The Labute approximate surface area is 131 Å². The molecule has 1 aromatic rings. The summed E-state index contributed by atoms with van der Waals surface area (Å²) in [7, 11) is 0. The van der Waals surface area contributed by atoms with Gasteiger partial charge in [0.25, 0.3) is 0 Å². The number of rotatable bonds is 3. The maximum Gasteiger partial charge on any atom is 0.219 e. The molecule has 2 saturated heterocycles. The lowest BCUT2D eigenvalue weighted by Crippen LogP contribution is -2.37. The molecule has 1 amide bonds. The zero-order chi connectivity index (χ0) is 15.5. The number of carbonyl (C=O) groups is 1. The molecule has 0 aromatic carbocycles. The molecule has 0 unspecified atom stereocenters. The quantitative estimate of drug-likeness (QED) is 0.896. The predicted octanol–water partition coefficient (Wildman–Crippen LogP) is 0.849. The monoisotopic (exact) mass is 304 g/mol. The van der Waals surface area contributed by atoms with Gasteiger partial charge in [-0.3, -0.25) is 9.78 Å². The van der Waals surface area contributed by atoms with Crippen LogP contribution in [0, 0.1) is 5.92 Å². The molecule has 1 aromatic heterocycles. The van der Waals surface area contributed by atoms with E-state index < -0.39 is 0 Å². The first kappa shape index (κ1) is 15.2. The summed E-state index contributed by atoms with van der Waals surface area (Å²) in [6.45, 7) is 4.84. The molecule has 0 bridgehead atoms. The third-order valence-electron chi connectivity index (χ3n) is 4.72. The van der Waals surface area contributed by atoms with E-state index in [9.17, 15) is 9.90 Å². The Morgan fingerprint density at radius 2 is 2.05 bits per heavy atom. The van der Waals surface area contributed by atoms with E-state index in [1.807, 2.05) is 11.1 Å². The molecule has 0 spiro atoms. The molecule has 6 nitrogen and oxygen atoms in total. The van der Waals surface area contributed by atoms with Crippen molar-refractivity contribution in [3.8, 4) is 0 Å². The fourth-order valence-electron chi connectivity index (χ4n) is 3.34. The highest BCUT2D eigenvalue weighted by Gasteiger charge is 2.23. The molecule has 2 aliphatic rings. The van der Waals surface area contributed by atoms with Crippen LogP contribution in [0.2, 0.25) is 0 Å². The summed E-state index contributed by atoms with van der Waals surface area (Å²) >= 11 is 0. The van der Waals surface area contributed by atoms with Crippen molar-refractivity contribution in [1.82, 2.24) is 14.9 Å². The standard InChI is InChI=1S/C16H24N4O2/c1-12(21)19-5-2-13(3-6-19)8-14-9-17-10-16(18-14)20-7-4-15(22)11-20/h9-10,13,15,22H,2-8,11H2,1H3/t15-/m0/s1. The summed E-state index contributed by atoms with van der Waals surface area (Å²) in [5.74, 6) is 1.62. The number of carbonyl (C=O) groups excluding carboxylic acids is 1. The average Bonchev–Trinajstić information content (AvgIpc) is 2.95. The zero-order valence-corrected chi connectivity index (χ0v) is 13.1. The first-order valence-corrected chi connectivity index (χ1v) is 8.11. The third kappa shape index (κ3) is 3.55. The number of aliphatic hydroxyl groups is 1. The molecule has 0 radical (unpaired) electrons. The van der Waals surface area contributed by atoms with E-state index in [2.05, 4.69) is 9.88 Å². The van der Waals surface area contributed by atoms with Gasteiger partial charge in [-0.05, 0) is 31.6 Å². The van der Waals surface area contributed by atoms with Gasteiger partial charge in [0.05, 0.1) is 18.0 Å². The third-order valence-corrected chi connectivity index (χ3v) is 4.72. The molecule has 3 heterocycles. The normalized spacial score (nSPS) is 23.1. The molecular weight excluding hydrogens is 280 g/mol. The van der Waals surface area contributed by atoms with Gasteiger partial charge in [0, 0.05) is 39.3 Å². The Bertz CT molecular complexity index is 529. The van der Waals surface area contributed by atoms with Gasteiger partial charge in [0.15, 0.2) is 0 Å². The lowest BCUT2D eigenvalue weighted by Gasteiger charge is -2.31. The van der Waals surface area contributed by atoms with Crippen molar-refractivity contribution in [3.05, 3.63) is 18.1 Å². The van der Waals surface area contributed by atoms with Gasteiger partial charge in [-0.15, -0.1) is 0 Å². The van der Waals surface area contributed by atoms with Gasteiger partial charge < -0.3 is 14.9 Å². The second kappa shape index (κ2) is 6.60. The number of aliphatic hydroxyl groups excluding tert-OH is 1. The van der Waals surface area contributed by atoms with Crippen LogP contribution < -0.4 is 4.90 Å². The first-order chi connectivity index (χ1) is 10.6. The van der Waals surface area contributed by atoms with Crippen molar-refractivity contribution in [2.24, 2.45) is 5.92 Å². The first-order valence-electron chi connectivity index (χ1n) is 8.11. The van der Waals surface area contributed by atoms with Gasteiger partial charge in [-0.25, -0.2) is 4.98 Å². The SMILES string of the molecule is CC(=O)N1CCC(Cc2cncc(N3CC[C@H](O)C3)n2)CC1. The van der Waals surface area contributed by atoms with E-state index in [-0.39, 0.29) is 12.0 Å². The molecule has 2 aliphatic heterocycles. The maximum absolute atomic E-state index is 11.4. The molecule has 1 atom stereocenters. The number of piperidine rings is 1. The van der Waals surface area contributed by atoms with E-state index in [1.54, 1.807) is 13.1 Å². The summed E-state index contributed by atoms with van der Waals surface area (Å²) in [5, 5.41) is 9.64. The van der Waals surface area contributed by atoms with Crippen LogP contribution in [-0.2, 0) is 11.2 Å². The molecule has 3 rings (SSSR count). The predicted molar refractivity (Wildman–Crippen MR) is 83.6 cm³/mol. The Morgan fingerprint density at radius 3 is 2.68 bits per heavy atom. The van der Waals surface area contributed by atoms with E-state index in [1.165, 1.54) is 0 Å². The summed E-state index contributed by atoms with van der Waals surface area (Å²) in [6, 6.07) is 0. The highest BCUT2D eigenvalue weighted by molar-refractivity contribution is 5.73. The van der Waals surface area contributed by atoms with Gasteiger partial charge in [-0.1, -0.05) is 0 Å². The van der Waals surface area contributed by atoms with Gasteiger partial charge in [0.2, 0.25) is 5.91 Å². The molecular formula is C16H24N4O2. The van der Waals surface area contributed by atoms with Crippen LogP contribution >= 0.6 is 0 Å². The minimum absolute atomic E-state index is 0.174. The topological polar surface area (TPSA) is 69.6 Å². The second-order valence-corrected chi connectivity index (χ2v) is 6.41. The van der Waals surface area contributed by atoms with Crippen molar-refractivity contribution in [2.45, 2.75) is 38.7 Å². The van der Waals surface area contributed by atoms with Crippen molar-refractivity contribution in [2.75, 3.05) is 31.1 Å². The van der Waals surface area contributed by atoms with Gasteiger partial charge in [0.1, 0.15) is 5.82 Å². The Hall–Kier alpha value is -1.69. The molecule has 120 valence electrons. The van der Waals surface area contributed by atoms with Crippen LogP contribution in [0.25, 0.3) is 0 Å². The number of hydrogen-bond donors (Lipinski definition) is 1. The Kier molecular flexibility index (Phi) is 4.57. The number of amides is 1.